The van der Waals surface area contributed by atoms with Gasteiger partial charge in [-0.3, -0.25) is 4.79 Å². The van der Waals surface area contributed by atoms with Crippen molar-refractivity contribution in [1.29, 1.82) is 0 Å². The summed E-state index contributed by atoms with van der Waals surface area (Å²) in [6, 6.07) is 16.2. The maximum atomic E-state index is 12.5. The maximum Gasteiger partial charge on any atom is 0.243 e. The number of hydrogen-bond acceptors (Lipinski definition) is 3. The molecule has 0 unspecified atom stereocenters. The van der Waals surface area contributed by atoms with Crippen molar-refractivity contribution in [2.24, 2.45) is 0 Å². The number of aryl methyl sites for hydroxylation is 1. The number of amides is 1. The fourth-order valence-electron chi connectivity index (χ4n) is 2.96. The number of para-hydroxylation sites is 1. The van der Waals surface area contributed by atoms with Gasteiger partial charge in [-0.1, -0.05) is 18.2 Å². The van der Waals surface area contributed by atoms with E-state index < -0.39 is 0 Å². The molecule has 4 nitrogen and oxygen atoms in total. The predicted molar refractivity (Wildman–Crippen MR) is 108 cm³/mol. The van der Waals surface area contributed by atoms with Crippen molar-refractivity contribution in [2.45, 2.75) is 27.7 Å². The lowest BCUT2D eigenvalue weighted by atomic mass is 10.1. The summed E-state index contributed by atoms with van der Waals surface area (Å²) < 4.78 is 0. The molecule has 0 bridgehead atoms. The van der Waals surface area contributed by atoms with Crippen LogP contribution in [0, 0.1) is 6.92 Å². The van der Waals surface area contributed by atoms with Gasteiger partial charge in [0.2, 0.25) is 5.91 Å². The lowest BCUT2D eigenvalue weighted by Crippen LogP contribution is -2.33. The van der Waals surface area contributed by atoms with Gasteiger partial charge < -0.3 is 15.1 Å². The first-order valence-electron chi connectivity index (χ1n) is 9.04. The lowest BCUT2D eigenvalue weighted by molar-refractivity contribution is -0.115. The molecule has 0 spiro atoms. The highest BCUT2D eigenvalue weighted by molar-refractivity contribution is 5.95. The summed E-state index contributed by atoms with van der Waals surface area (Å²) in [5.74, 6) is 0.00407. The molecule has 0 fully saturated rings. The molecule has 4 heteroatoms. The minimum Gasteiger partial charge on any atom is -0.372 e. The Labute approximate surface area is 151 Å². The van der Waals surface area contributed by atoms with Crippen LogP contribution in [-0.4, -0.2) is 32.1 Å². The zero-order chi connectivity index (χ0) is 18.2. The first-order valence-corrected chi connectivity index (χ1v) is 9.04. The van der Waals surface area contributed by atoms with Gasteiger partial charge in [0.1, 0.15) is 0 Å². The molecule has 0 radical (unpaired) electrons. The average molecular weight is 339 g/mol. The Morgan fingerprint density at radius 3 is 2.08 bits per heavy atom. The highest BCUT2D eigenvalue weighted by Gasteiger charge is 2.12. The number of nitrogens with one attached hydrogen (secondary N) is 1. The van der Waals surface area contributed by atoms with Gasteiger partial charge in [0.05, 0.1) is 6.54 Å². The predicted octanol–water partition coefficient (Wildman–Crippen LogP) is 4.31. The third-order valence-corrected chi connectivity index (χ3v) is 4.45. The molecule has 1 N–H and O–H groups in total. The quantitative estimate of drug-likeness (QED) is 0.778. The number of benzene rings is 2. The Bertz CT molecular complexity index is 681. The van der Waals surface area contributed by atoms with Crippen molar-refractivity contribution in [2.75, 3.05) is 41.3 Å². The van der Waals surface area contributed by atoms with Crippen LogP contribution in [0.3, 0.4) is 0 Å². The second-order valence-corrected chi connectivity index (χ2v) is 6.07. The number of nitrogens with zero attached hydrogens (tertiary/aromatic N) is 2. The van der Waals surface area contributed by atoms with E-state index in [0.29, 0.717) is 6.54 Å². The molecular weight excluding hydrogens is 310 g/mol. The summed E-state index contributed by atoms with van der Waals surface area (Å²) in [5, 5.41) is 3.05. The summed E-state index contributed by atoms with van der Waals surface area (Å²) in [4.78, 5) is 16.8. The van der Waals surface area contributed by atoms with E-state index >= 15 is 0 Å². The van der Waals surface area contributed by atoms with Crippen molar-refractivity contribution < 1.29 is 4.79 Å². The molecule has 2 aromatic rings. The normalized spacial score (nSPS) is 10.4. The highest BCUT2D eigenvalue weighted by atomic mass is 16.2. The van der Waals surface area contributed by atoms with Gasteiger partial charge in [0.15, 0.2) is 0 Å². The third-order valence-electron chi connectivity index (χ3n) is 4.45. The number of carbonyl (C=O) groups excluding carboxylic acids is 1. The van der Waals surface area contributed by atoms with Crippen LogP contribution in [-0.2, 0) is 4.79 Å². The zero-order valence-electron chi connectivity index (χ0n) is 15.7. The molecule has 0 aromatic heterocycles. The summed E-state index contributed by atoms with van der Waals surface area (Å²) >= 11 is 0. The molecule has 1 amide bonds. The monoisotopic (exact) mass is 339 g/mol. The van der Waals surface area contributed by atoms with Gasteiger partial charge in [-0.15, -0.1) is 0 Å². The van der Waals surface area contributed by atoms with E-state index in [4.69, 9.17) is 0 Å². The van der Waals surface area contributed by atoms with Crippen LogP contribution in [0.15, 0.2) is 48.5 Å². The molecule has 2 aromatic carbocycles. The van der Waals surface area contributed by atoms with Gasteiger partial charge in [-0.25, -0.2) is 0 Å². The standard InChI is InChI=1S/C21H29N3O/c1-5-23(6-2)19-13-14-20(17(4)15-19)22-21(25)16-24(7-3)18-11-9-8-10-12-18/h8-15H,5-7,16H2,1-4H3,(H,22,25). The van der Waals surface area contributed by atoms with Gasteiger partial charge in [-0.2, -0.15) is 0 Å². The van der Waals surface area contributed by atoms with Crippen molar-refractivity contribution in [3.8, 4) is 0 Å². The SMILES string of the molecule is CCN(CC)c1ccc(NC(=O)CN(CC)c2ccccc2)c(C)c1. The highest BCUT2D eigenvalue weighted by Crippen LogP contribution is 2.23. The van der Waals surface area contributed by atoms with Crippen LogP contribution in [0.2, 0.25) is 0 Å². The zero-order valence-corrected chi connectivity index (χ0v) is 15.7. The molecule has 0 saturated carbocycles. The molecule has 0 aliphatic carbocycles. The third kappa shape index (κ3) is 4.99. The van der Waals surface area contributed by atoms with E-state index in [-0.39, 0.29) is 5.91 Å². The minimum atomic E-state index is 0.00407. The maximum absolute atomic E-state index is 12.5. The van der Waals surface area contributed by atoms with Crippen LogP contribution in [0.4, 0.5) is 17.1 Å². The molecule has 0 atom stereocenters. The van der Waals surface area contributed by atoms with E-state index in [1.54, 1.807) is 0 Å². The second kappa shape index (κ2) is 9.11. The molecule has 25 heavy (non-hydrogen) atoms. The van der Waals surface area contributed by atoms with Crippen LogP contribution in [0.25, 0.3) is 0 Å². The number of hydrogen-bond donors (Lipinski definition) is 1. The number of rotatable bonds is 8. The second-order valence-electron chi connectivity index (χ2n) is 6.07. The van der Waals surface area contributed by atoms with Crippen LogP contribution in [0.5, 0.6) is 0 Å². The fourth-order valence-corrected chi connectivity index (χ4v) is 2.96. The number of anilines is 3. The number of carbonyl (C=O) groups is 1. The van der Waals surface area contributed by atoms with Gasteiger partial charge >= 0.3 is 0 Å². The average Bonchev–Trinajstić information content (AvgIpc) is 2.63. The van der Waals surface area contributed by atoms with E-state index in [1.165, 1.54) is 5.69 Å². The lowest BCUT2D eigenvalue weighted by Gasteiger charge is -2.24. The summed E-state index contributed by atoms with van der Waals surface area (Å²) in [6.45, 7) is 11.5. The molecular formula is C21H29N3O. The Morgan fingerprint density at radius 2 is 1.52 bits per heavy atom. The summed E-state index contributed by atoms with van der Waals surface area (Å²) in [6.07, 6.45) is 0. The largest absolute Gasteiger partial charge is 0.372 e. The first kappa shape index (κ1) is 18.8. The molecule has 134 valence electrons. The summed E-state index contributed by atoms with van der Waals surface area (Å²) in [5.41, 5.74) is 4.22. The van der Waals surface area contributed by atoms with Crippen molar-refractivity contribution in [3.05, 3.63) is 54.1 Å². The molecule has 0 heterocycles. The first-order chi connectivity index (χ1) is 12.1. The van der Waals surface area contributed by atoms with Crippen LogP contribution in [0.1, 0.15) is 26.3 Å². The molecule has 0 aliphatic rings. The van der Waals surface area contributed by atoms with E-state index in [2.05, 4.69) is 48.0 Å². The van der Waals surface area contributed by atoms with E-state index in [9.17, 15) is 4.79 Å². The van der Waals surface area contributed by atoms with E-state index in [1.807, 2.05) is 43.3 Å². The van der Waals surface area contributed by atoms with Gasteiger partial charge in [0.25, 0.3) is 0 Å². The number of likely N-dealkylation sites (N-methyl/N-ethyl adjacent to an activating group) is 1. The van der Waals surface area contributed by atoms with Crippen molar-refractivity contribution in [1.82, 2.24) is 0 Å². The smallest absolute Gasteiger partial charge is 0.243 e. The van der Waals surface area contributed by atoms with Crippen molar-refractivity contribution >= 4 is 23.0 Å². The Balaban J connectivity index is 2.05. The van der Waals surface area contributed by atoms with Crippen LogP contribution >= 0.6 is 0 Å². The van der Waals surface area contributed by atoms with Crippen LogP contribution < -0.4 is 15.1 Å². The molecule has 0 saturated heterocycles. The van der Waals surface area contributed by atoms with E-state index in [0.717, 1.165) is 36.6 Å². The Hall–Kier alpha value is -2.49. The van der Waals surface area contributed by atoms with Gasteiger partial charge in [-0.05, 0) is 63.6 Å². The molecule has 0 aliphatic heterocycles. The Kier molecular flexibility index (Phi) is 6.87. The molecule has 2 rings (SSSR count). The topological polar surface area (TPSA) is 35.6 Å². The summed E-state index contributed by atoms with van der Waals surface area (Å²) in [7, 11) is 0. The van der Waals surface area contributed by atoms with Gasteiger partial charge in [0, 0.05) is 36.7 Å². The fraction of sp³-hybridized carbons (Fsp3) is 0.381. The Morgan fingerprint density at radius 1 is 0.880 bits per heavy atom. The minimum absolute atomic E-state index is 0.00407. The van der Waals surface area contributed by atoms with Crippen molar-refractivity contribution in [3.63, 3.8) is 0 Å².